The summed E-state index contributed by atoms with van der Waals surface area (Å²) in [6, 6.07) is 3.23. The summed E-state index contributed by atoms with van der Waals surface area (Å²) in [5.41, 5.74) is 0. The van der Waals surface area contributed by atoms with E-state index in [1.54, 1.807) is 25.3 Å². The first kappa shape index (κ1) is 10.4. The lowest BCUT2D eigenvalue weighted by Crippen LogP contribution is -2.37. The van der Waals surface area contributed by atoms with Crippen LogP contribution in [0, 0.1) is 0 Å². The first-order chi connectivity index (χ1) is 6.74. The summed E-state index contributed by atoms with van der Waals surface area (Å²) in [5.74, 6) is 0.560. The highest BCUT2D eigenvalue weighted by Gasteiger charge is 2.11. The SMILES string of the molecule is CCNC(=O)C(C)Nc1cccnn1. The predicted molar refractivity (Wildman–Crippen MR) is 53.8 cm³/mol. The molecule has 0 spiro atoms. The second kappa shape index (κ2) is 5.16. The van der Waals surface area contributed by atoms with Crippen LogP contribution in [-0.4, -0.2) is 28.7 Å². The minimum atomic E-state index is -0.299. The van der Waals surface area contributed by atoms with Gasteiger partial charge in [-0.05, 0) is 26.0 Å². The normalized spacial score (nSPS) is 11.9. The maximum absolute atomic E-state index is 11.3. The van der Waals surface area contributed by atoms with Crippen LogP contribution >= 0.6 is 0 Å². The Labute approximate surface area is 82.9 Å². The molecule has 1 atom stereocenters. The monoisotopic (exact) mass is 194 g/mol. The Morgan fingerprint density at radius 2 is 2.43 bits per heavy atom. The van der Waals surface area contributed by atoms with Gasteiger partial charge in [0.2, 0.25) is 5.91 Å². The molecule has 0 bridgehead atoms. The fourth-order valence-electron chi connectivity index (χ4n) is 0.993. The molecule has 0 fully saturated rings. The molecule has 0 aliphatic rings. The van der Waals surface area contributed by atoms with Crippen molar-refractivity contribution in [3.8, 4) is 0 Å². The van der Waals surface area contributed by atoms with Crippen molar-refractivity contribution in [1.82, 2.24) is 15.5 Å². The molecule has 0 radical (unpaired) electrons. The maximum Gasteiger partial charge on any atom is 0.242 e. The van der Waals surface area contributed by atoms with Gasteiger partial charge in [-0.2, -0.15) is 5.10 Å². The number of anilines is 1. The van der Waals surface area contributed by atoms with Crippen molar-refractivity contribution < 1.29 is 4.79 Å². The van der Waals surface area contributed by atoms with Gasteiger partial charge in [0.1, 0.15) is 11.9 Å². The number of hydrogen-bond acceptors (Lipinski definition) is 4. The van der Waals surface area contributed by atoms with Crippen LogP contribution in [0.1, 0.15) is 13.8 Å². The Kier molecular flexibility index (Phi) is 3.84. The topological polar surface area (TPSA) is 66.9 Å². The number of rotatable bonds is 4. The third-order valence-electron chi connectivity index (χ3n) is 1.68. The standard InChI is InChI=1S/C9H14N4O/c1-3-10-9(14)7(2)12-8-5-4-6-11-13-8/h4-7H,3H2,1-2H3,(H,10,14)(H,12,13). The zero-order chi connectivity index (χ0) is 10.4. The Morgan fingerprint density at radius 3 is 3.00 bits per heavy atom. The van der Waals surface area contributed by atoms with Crippen molar-refractivity contribution in [2.45, 2.75) is 19.9 Å². The summed E-state index contributed by atoms with van der Waals surface area (Å²) < 4.78 is 0. The van der Waals surface area contributed by atoms with Crippen molar-refractivity contribution in [2.75, 3.05) is 11.9 Å². The van der Waals surface area contributed by atoms with E-state index in [1.165, 1.54) is 0 Å². The largest absolute Gasteiger partial charge is 0.357 e. The van der Waals surface area contributed by atoms with Crippen molar-refractivity contribution >= 4 is 11.7 Å². The van der Waals surface area contributed by atoms with E-state index in [4.69, 9.17) is 0 Å². The number of carbonyl (C=O) groups is 1. The Morgan fingerprint density at radius 1 is 1.64 bits per heavy atom. The first-order valence-corrected chi connectivity index (χ1v) is 4.56. The molecule has 76 valence electrons. The van der Waals surface area contributed by atoms with E-state index in [2.05, 4.69) is 20.8 Å². The summed E-state index contributed by atoms with van der Waals surface area (Å²) >= 11 is 0. The highest BCUT2D eigenvalue weighted by Crippen LogP contribution is 2.00. The van der Waals surface area contributed by atoms with Gasteiger partial charge in [-0.25, -0.2) is 0 Å². The zero-order valence-electron chi connectivity index (χ0n) is 8.32. The van der Waals surface area contributed by atoms with E-state index >= 15 is 0 Å². The summed E-state index contributed by atoms with van der Waals surface area (Å²) in [5, 5.41) is 13.2. The fourth-order valence-corrected chi connectivity index (χ4v) is 0.993. The smallest absolute Gasteiger partial charge is 0.242 e. The lowest BCUT2D eigenvalue weighted by atomic mass is 10.3. The highest BCUT2D eigenvalue weighted by atomic mass is 16.2. The van der Waals surface area contributed by atoms with E-state index in [-0.39, 0.29) is 11.9 Å². The third kappa shape index (κ3) is 3.01. The lowest BCUT2D eigenvalue weighted by molar-refractivity contribution is -0.121. The van der Waals surface area contributed by atoms with Crippen LogP contribution < -0.4 is 10.6 Å². The second-order valence-electron chi connectivity index (χ2n) is 2.87. The molecule has 1 aromatic heterocycles. The van der Waals surface area contributed by atoms with E-state index in [0.29, 0.717) is 12.4 Å². The predicted octanol–water partition coefficient (Wildman–Crippen LogP) is 0.413. The molecule has 1 amide bonds. The van der Waals surface area contributed by atoms with Gasteiger partial charge in [0.15, 0.2) is 0 Å². The van der Waals surface area contributed by atoms with Gasteiger partial charge in [-0.15, -0.1) is 5.10 Å². The molecule has 0 aromatic carbocycles. The average molecular weight is 194 g/mol. The van der Waals surface area contributed by atoms with E-state index in [1.807, 2.05) is 6.92 Å². The maximum atomic E-state index is 11.3. The van der Waals surface area contributed by atoms with Crippen LogP contribution in [0.25, 0.3) is 0 Å². The Balaban J connectivity index is 2.49. The summed E-state index contributed by atoms with van der Waals surface area (Å²) in [6.07, 6.45) is 1.59. The van der Waals surface area contributed by atoms with Gasteiger partial charge >= 0.3 is 0 Å². The minimum Gasteiger partial charge on any atom is -0.357 e. The van der Waals surface area contributed by atoms with Crippen LogP contribution in [0.15, 0.2) is 18.3 Å². The lowest BCUT2D eigenvalue weighted by Gasteiger charge is -2.12. The van der Waals surface area contributed by atoms with E-state index in [0.717, 1.165) is 0 Å². The third-order valence-corrected chi connectivity index (χ3v) is 1.68. The van der Waals surface area contributed by atoms with Gasteiger partial charge in [-0.1, -0.05) is 0 Å². The van der Waals surface area contributed by atoms with Crippen LogP contribution in [0.2, 0.25) is 0 Å². The van der Waals surface area contributed by atoms with E-state index in [9.17, 15) is 4.79 Å². The van der Waals surface area contributed by atoms with Crippen LogP contribution in [-0.2, 0) is 4.79 Å². The Hall–Kier alpha value is -1.65. The first-order valence-electron chi connectivity index (χ1n) is 4.56. The molecule has 0 aliphatic heterocycles. The number of hydrogen-bond donors (Lipinski definition) is 2. The van der Waals surface area contributed by atoms with Gasteiger partial charge in [0, 0.05) is 12.7 Å². The van der Waals surface area contributed by atoms with Gasteiger partial charge < -0.3 is 10.6 Å². The quantitative estimate of drug-likeness (QED) is 0.728. The fraction of sp³-hybridized carbons (Fsp3) is 0.444. The number of aromatic nitrogens is 2. The summed E-state index contributed by atoms with van der Waals surface area (Å²) in [6.45, 7) is 4.29. The van der Waals surface area contributed by atoms with Crippen molar-refractivity contribution in [2.24, 2.45) is 0 Å². The van der Waals surface area contributed by atoms with Crippen molar-refractivity contribution in [3.05, 3.63) is 18.3 Å². The zero-order valence-corrected chi connectivity index (χ0v) is 8.32. The summed E-state index contributed by atoms with van der Waals surface area (Å²) in [4.78, 5) is 11.3. The molecule has 2 N–H and O–H groups in total. The molecule has 0 saturated carbocycles. The molecular formula is C9H14N4O. The molecular weight excluding hydrogens is 180 g/mol. The molecule has 0 aliphatic carbocycles. The van der Waals surface area contributed by atoms with Crippen molar-refractivity contribution in [3.63, 3.8) is 0 Å². The molecule has 5 heteroatoms. The van der Waals surface area contributed by atoms with Crippen LogP contribution in [0.3, 0.4) is 0 Å². The number of likely N-dealkylation sites (N-methyl/N-ethyl adjacent to an activating group) is 1. The molecule has 1 unspecified atom stereocenters. The number of nitrogens with one attached hydrogen (secondary N) is 2. The highest BCUT2D eigenvalue weighted by molar-refractivity contribution is 5.83. The number of nitrogens with zero attached hydrogens (tertiary/aromatic N) is 2. The van der Waals surface area contributed by atoms with E-state index < -0.39 is 0 Å². The molecule has 1 heterocycles. The summed E-state index contributed by atoms with van der Waals surface area (Å²) in [7, 11) is 0. The molecule has 1 aromatic rings. The van der Waals surface area contributed by atoms with Crippen molar-refractivity contribution in [1.29, 1.82) is 0 Å². The molecule has 5 nitrogen and oxygen atoms in total. The van der Waals surface area contributed by atoms with Gasteiger partial charge in [0.05, 0.1) is 0 Å². The number of carbonyl (C=O) groups excluding carboxylic acids is 1. The Bertz CT molecular complexity index is 288. The molecule has 14 heavy (non-hydrogen) atoms. The molecule has 0 saturated heterocycles. The minimum absolute atomic E-state index is 0.0434. The van der Waals surface area contributed by atoms with Crippen LogP contribution in [0.4, 0.5) is 5.82 Å². The van der Waals surface area contributed by atoms with Crippen LogP contribution in [0.5, 0.6) is 0 Å². The molecule has 1 rings (SSSR count). The van der Waals surface area contributed by atoms with Gasteiger partial charge in [-0.3, -0.25) is 4.79 Å². The van der Waals surface area contributed by atoms with Gasteiger partial charge in [0.25, 0.3) is 0 Å². The number of amides is 1. The average Bonchev–Trinajstić information content (AvgIpc) is 2.19. The second-order valence-corrected chi connectivity index (χ2v) is 2.87.